The second-order valence-electron chi connectivity index (χ2n) is 5.79. The Labute approximate surface area is 122 Å². The van der Waals surface area contributed by atoms with Crippen LogP contribution >= 0.6 is 11.3 Å². The van der Waals surface area contributed by atoms with Crippen LogP contribution in [0.5, 0.6) is 0 Å². The van der Waals surface area contributed by atoms with Crippen LogP contribution in [0.25, 0.3) is 10.1 Å². The maximum Gasteiger partial charge on any atom is 0.175 e. The number of benzene rings is 1. The molecule has 1 heterocycles. The largest absolute Gasteiger partial charge is 0.293 e. The van der Waals surface area contributed by atoms with Gasteiger partial charge in [0.25, 0.3) is 0 Å². The summed E-state index contributed by atoms with van der Waals surface area (Å²) >= 11 is 1.43. The van der Waals surface area contributed by atoms with Crippen molar-refractivity contribution in [1.29, 1.82) is 0 Å². The molecule has 0 bridgehead atoms. The Bertz CT molecular complexity index is 631. The third kappa shape index (κ3) is 2.64. The number of carbonyl (C=O) groups excluding carboxylic acids is 1. The Morgan fingerprint density at radius 3 is 3.00 bits per heavy atom. The minimum Gasteiger partial charge on any atom is -0.293 e. The molecule has 1 nitrogen and oxygen atoms in total. The maximum atomic E-state index is 13.2. The lowest BCUT2D eigenvalue weighted by atomic mass is 9.78. The fourth-order valence-electron chi connectivity index (χ4n) is 3.23. The molecule has 0 radical (unpaired) electrons. The summed E-state index contributed by atoms with van der Waals surface area (Å²) < 4.78 is 14.1. The quantitative estimate of drug-likeness (QED) is 0.688. The Morgan fingerprint density at radius 1 is 1.35 bits per heavy atom. The van der Waals surface area contributed by atoms with Crippen LogP contribution in [0.4, 0.5) is 4.39 Å². The molecule has 20 heavy (non-hydrogen) atoms. The molecule has 106 valence electrons. The first-order chi connectivity index (χ1) is 9.67. The van der Waals surface area contributed by atoms with Gasteiger partial charge in [0.2, 0.25) is 0 Å². The van der Waals surface area contributed by atoms with E-state index in [4.69, 9.17) is 0 Å². The van der Waals surface area contributed by atoms with Crippen LogP contribution in [-0.2, 0) is 0 Å². The lowest BCUT2D eigenvalue weighted by Gasteiger charge is -2.27. The average Bonchev–Trinajstić information content (AvgIpc) is 2.89. The Kier molecular flexibility index (Phi) is 3.88. The molecule has 0 amide bonds. The second kappa shape index (κ2) is 5.65. The molecule has 3 rings (SSSR count). The van der Waals surface area contributed by atoms with E-state index in [1.807, 2.05) is 6.07 Å². The summed E-state index contributed by atoms with van der Waals surface area (Å²) in [6, 6.07) is 6.66. The third-order valence-electron chi connectivity index (χ3n) is 4.46. The first-order valence-corrected chi connectivity index (χ1v) is 8.22. The van der Waals surface area contributed by atoms with E-state index in [0.29, 0.717) is 5.92 Å². The van der Waals surface area contributed by atoms with E-state index in [2.05, 4.69) is 6.92 Å². The lowest BCUT2D eigenvalue weighted by Crippen LogP contribution is -2.22. The van der Waals surface area contributed by atoms with Crippen molar-refractivity contribution in [3.05, 3.63) is 35.0 Å². The number of fused-ring (bicyclic) bond motifs is 1. The van der Waals surface area contributed by atoms with E-state index in [1.165, 1.54) is 36.3 Å². The van der Waals surface area contributed by atoms with Crippen molar-refractivity contribution in [2.45, 2.75) is 39.0 Å². The number of halogens is 1. The van der Waals surface area contributed by atoms with Crippen molar-refractivity contribution in [3.63, 3.8) is 0 Å². The molecule has 1 aliphatic carbocycles. The zero-order chi connectivity index (χ0) is 14.1. The van der Waals surface area contributed by atoms with Crippen LogP contribution in [0.3, 0.4) is 0 Å². The van der Waals surface area contributed by atoms with Gasteiger partial charge in [-0.1, -0.05) is 32.3 Å². The highest BCUT2D eigenvalue weighted by atomic mass is 32.1. The SMILES string of the molecule is CCC1CCCC(C(=O)c2cc3ccc(F)cc3s2)C1. The molecule has 0 spiro atoms. The summed E-state index contributed by atoms with van der Waals surface area (Å²) in [4.78, 5) is 13.4. The Balaban J connectivity index is 1.84. The zero-order valence-corrected chi connectivity index (χ0v) is 12.5. The molecule has 3 heteroatoms. The Hall–Kier alpha value is -1.22. The molecule has 1 saturated carbocycles. The van der Waals surface area contributed by atoms with Crippen LogP contribution < -0.4 is 0 Å². The van der Waals surface area contributed by atoms with Gasteiger partial charge < -0.3 is 0 Å². The number of carbonyl (C=O) groups is 1. The number of ketones is 1. The van der Waals surface area contributed by atoms with E-state index in [0.717, 1.165) is 34.2 Å². The first-order valence-electron chi connectivity index (χ1n) is 7.40. The molecule has 1 aromatic carbocycles. The lowest BCUT2D eigenvalue weighted by molar-refractivity contribution is 0.0866. The molecular formula is C17H19FOS. The molecule has 2 unspecified atom stereocenters. The van der Waals surface area contributed by atoms with E-state index in [1.54, 1.807) is 6.07 Å². The molecule has 0 N–H and O–H groups in total. The van der Waals surface area contributed by atoms with Crippen molar-refractivity contribution >= 4 is 27.2 Å². The van der Waals surface area contributed by atoms with E-state index in [9.17, 15) is 9.18 Å². The van der Waals surface area contributed by atoms with Gasteiger partial charge in [-0.25, -0.2) is 4.39 Å². The monoisotopic (exact) mass is 290 g/mol. The van der Waals surface area contributed by atoms with Gasteiger partial charge in [0.1, 0.15) is 5.82 Å². The van der Waals surface area contributed by atoms with Crippen LogP contribution in [0, 0.1) is 17.7 Å². The first kappa shape index (κ1) is 13.7. The van der Waals surface area contributed by atoms with Gasteiger partial charge in [-0.05, 0) is 42.3 Å². The highest BCUT2D eigenvalue weighted by molar-refractivity contribution is 7.20. The predicted octanol–water partition coefficient (Wildman–Crippen LogP) is 5.44. The zero-order valence-electron chi connectivity index (χ0n) is 11.7. The summed E-state index contributed by atoms with van der Waals surface area (Å²) in [5, 5.41) is 0.975. The van der Waals surface area contributed by atoms with Crippen molar-refractivity contribution in [2.24, 2.45) is 11.8 Å². The smallest absolute Gasteiger partial charge is 0.175 e. The number of thiophene rings is 1. The highest BCUT2D eigenvalue weighted by Crippen LogP contribution is 2.35. The minimum atomic E-state index is -0.234. The van der Waals surface area contributed by atoms with Crippen LogP contribution in [0.15, 0.2) is 24.3 Å². The van der Waals surface area contributed by atoms with E-state index >= 15 is 0 Å². The number of hydrogen-bond donors (Lipinski definition) is 0. The van der Waals surface area contributed by atoms with Gasteiger partial charge in [0.05, 0.1) is 4.88 Å². The molecule has 0 saturated heterocycles. The fraction of sp³-hybridized carbons (Fsp3) is 0.471. The van der Waals surface area contributed by atoms with Crippen molar-refractivity contribution in [1.82, 2.24) is 0 Å². The topological polar surface area (TPSA) is 17.1 Å². The molecule has 1 aliphatic rings. The van der Waals surface area contributed by atoms with Gasteiger partial charge in [-0.15, -0.1) is 11.3 Å². The van der Waals surface area contributed by atoms with Gasteiger partial charge >= 0.3 is 0 Å². The summed E-state index contributed by atoms with van der Waals surface area (Å²) in [6.45, 7) is 2.21. The van der Waals surface area contributed by atoms with Crippen LogP contribution in [-0.4, -0.2) is 5.78 Å². The molecule has 1 aromatic heterocycles. The highest BCUT2D eigenvalue weighted by Gasteiger charge is 2.28. The second-order valence-corrected chi connectivity index (χ2v) is 6.88. The van der Waals surface area contributed by atoms with Crippen LogP contribution in [0.1, 0.15) is 48.7 Å². The fourth-order valence-corrected chi connectivity index (χ4v) is 4.33. The standard InChI is InChI=1S/C17H19FOS/c1-2-11-4-3-5-13(8-11)17(19)16-9-12-6-7-14(18)10-15(12)20-16/h6-7,9-11,13H,2-5,8H2,1H3. The van der Waals surface area contributed by atoms with Crippen molar-refractivity contribution in [3.8, 4) is 0 Å². The number of hydrogen-bond acceptors (Lipinski definition) is 2. The van der Waals surface area contributed by atoms with Crippen molar-refractivity contribution in [2.75, 3.05) is 0 Å². The minimum absolute atomic E-state index is 0.173. The molecule has 2 atom stereocenters. The van der Waals surface area contributed by atoms with Gasteiger partial charge in [0.15, 0.2) is 5.78 Å². The van der Waals surface area contributed by atoms with E-state index < -0.39 is 0 Å². The van der Waals surface area contributed by atoms with Crippen LogP contribution in [0.2, 0.25) is 0 Å². The number of Topliss-reactive ketones (excluding diaryl/α,β-unsaturated/α-hetero) is 1. The maximum absolute atomic E-state index is 13.2. The normalized spacial score (nSPS) is 23.1. The molecular weight excluding hydrogens is 271 g/mol. The molecule has 1 fully saturated rings. The van der Waals surface area contributed by atoms with Gasteiger partial charge in [-0.3, -0.25) is 4.79 Å². The Morgan fingerprint density at radius 2 is 2.20 bits per heavy atom. The average molecular weight is 290 g/mol. The predicted molar refractivity (Wildman–Crippen MR) is 81.9 cm³/mol. The summed E-state index contributed by atoms with van der Waals surface area (Å²) in [6.07, 6.45) is 5.63. The molecule has 0 aliphatic heterocycles. The summed E-state index contributed by atoms with van der Waals surface area (Å²) in [7, 11) is 0. The van der Waals surface area contributed by atoms with Crippen molar-refractivity contribution < 1.29 is 9.18 Å². The molecule has 2 aromatic rings. The summed E-state index contributed by atoms with van der Waals surface area (Å²) in [5.41, 5.74) is 0. The van der Waals surface area contributed by atoms with Gasteiger partial charge in [-0.2, -0.15) is 0 Å². The third-order valence-corrected chi connectivity index (χ3v) is 5.57. The summed E-state index contributed by atoms with van der Waals surface area (Å²) in [5.74, 6) is 0.906. The van der Waals surface area contributed by atoms with Gasteiger partial charge in [0, 0.05) is 10.6 Å². The number of rotatable bonds is 3. The van der Waals surface area contributed by atoms with E-state index in [-0.39, 0.29) is 17.5 Å².